The van der Waals surface area contributed by atoms with Gasteiger partial charge in [-0.1, -0.05) is 12.1 Å². The van der Waals surface area contributed by atoms with Gasteiger partial charge in [0.2, 0.25) is 0 Å². The van der Waals surface area contributed by atoms with Crippen LogP contribution in [-0.4, -0.2) is 54.9 Å². The van der Waals surface area contributed by atoms with E-state index >= 15 is 0 Å². The number of carbonyl (C=O) groups is 1. The van der Waals surface area contributed by atoms with E-state index in [9.17, 15) is 9.90 Å². The maximum Gasteiger partial charge on any atom is 0.255 e. The van der Waals surface area contributed by atoms with Crippen LogP contribution in [0.15, 0.2) is 29.3 Å². The molecule has 7 nitrogen and oxygen atoms in total. The van der Waals surface area contributed by atoms with Gasteiger partial charge in [0.1, 0.15) is 5.75 Å². The number of fused-ring (bicyclic) bond motifs is 2. The molecule has 2 aliphatic rings. The van der Waals surface area contributed by atoms with Crippen LogP contribution in [0.25, 0.3) is 0 Å². The van der Waals surface area contributed by atoms with Gasteiger partial charge in [-0.2, -0.15) is 0 Å². The van der Waals surface area contributed by atoms with Gasteiger partial charge in [-0.3, -0.25) is 9.79 Å². The smallest absolute Gasteiger partial charge is 0.255 e. The molecule has 1 aromatic rings. The number of rotatable bonds is 6. The molecule has 0 saturated carbocycles. The first-order valence-electron chi connectivity index (χ1n) is 8.94. The number of para-hydroxylation sites is 1. The van der Waals surface area contributed by atoms with E-state index in [1.807, 2.05) is 6.92 Å². The van der Waals surface area contributed by atoms with E-state index < -0.39 is 0 Å². The monoisotopic (exact) mass is 474 g/mol. The average Bonchev–Trinajstić information content (AvgIpc) is 3.22. The number of hydrogen-bond donors (Lipinski definition) is 4. The van der Waals surface area contributed by atoms with Crippen molar-refractivity contribution in [3.8, 4) is 5.75 Å². The summed E-state index contributed by atoms with van der Waals surface area (Å²) >= 11 is 0. The number of nitrogens with one attached hydrogen (secondary N) is 3. The number of ether oxygens (including phenoxy) is 1. The summed E-state index contributed by atoms with van der Waals surface area (Å²) in [7, 11) is 0. The zero-order valence-corrected chi connectivity index (χ0v) is 17.2. The molecule has 26 heavy (non-hydrogen) atoms. The molecule has 2 aliphatic heterocycles. The molecule has 3 unspecified atom stereocenters. The Morgan fingerprint density at radius 1 is 1.31 bits per heavy atom. The largest absolute Gasteiger partial charge is 0.507 e. The number of nitrogens with zero attached hydrogens (tertiary/aromatic N) is 1. The highest BCUT2D eigenvalue weighted by molar-refractivity contribution is 14.0. The van der Waals surface area contributed by atoms with Crippen molar-refractivity contribution in [1.29, 1.82) is 0 Å². The van der Waals surface area contributed by atoms with E-state index in [-0.39, 0.29) is 47.3 Å². The van der Waals surface area contributed by atoms with Gasteiger partial charge in [-0.05, 0) is 38.3 Å². The number of carbonyl (C=O) groups excluding carboxylic acids is 1. The van der Waals surface area contributed by atoms with E-state index in [1.165, 1.54) is 6.07 Å². The van der Waals surface area contributed by atoms with E-state index in [1.54, 1.807) is 18.2 Å². The number of benzene rings is 1. The van der Waals surface area contributed by atoms with Gasteiger partial charge in [-0.15, -0.1) is 24.0 Å². The molecule has 8 heteroatoms. The highest BCUT2D eigenvalue weighted by Crippen LogP contribution is 2.34. The first kappa shape index (κ1) is 20.8. The summed E-state index contributed by atoms with van der Waals surface area (Å²) in [6.45, 7) is 3.65. The van der Waals surface area contributed by atoms with Gasteiger partial charge >= 0.3 is 0 Å². The maximum absolute atomic E-state index is 12.0. The van der Waals surface area contributed by atoms with Gasteiger partial charge in [-0.25, -0.2) is 0 Å². The quantitative estimate of drug-likeness (QED) is 0.218. The number of halogens is 1. The molecule has 2 bridgehead atoms. The standard InChI is InChI=1S/C18H26N4O3.HI/c1-2-19-18(22-14-11-12-7-8-16(14)25-12)21-10-9-20-17(24)13-5-3-4-6-15(13)23;/h3-6,12,14,16,23H,2,7-11H2,1H3,(H,20,24)(H2,19,21,22);1H. The summed E-state index contributed by atoms with van der Waals surface area (Å²) in [5.41, 5.74) is 0.274. The molecule has 2 heterocycles. The van der Waals surface area contributed by atoms with Crippen LogP contribution < -0.4 is 16.0 Å². The summed E-state index contributed by atoms with van der Waals surface area (Å²) in [6, 6.07) is 6.81. The second kappa shape index (κ2) is 9.96. The molecule has 3 rings (SSSR count). The Morgan fingerprint density at radius 2 is 2.12 bits per heavy atom. The van der Waals surface area contributed by atoms with Crippen molar-refractivity contribution in [3.63, 3.8) is 0 Å². The topological polar surface area (TPSA) is 95.0 Å². The SMILES string of the molecule is CCNC(=NCCNC(=O)c1ccccc1O)NC1CC2CCC1O2.I. The average molecular weight is 474 g/mol. The van der Waals surface area contributed by atoms with Crippen LogP contribution in [0, 0.1) is 0 Å². The number of amides is 1. The van der Waals surface area contributed by atoms with Crippen LogP contribution in [0.3, 0.4) is 0 Å². The molecule has 144 valence electrons. The van der Waals surface area contributed by atoms with Crippen LogP contribution in [0.4, 0.5) is 0 Å². The number of phenolic OH excluding ortho intramolecular Hbond substituents is 1. The first-order chi connectivity index (χ1) is 12.2. The van der Waals surface area contributed by atoms with Gasteiger partial charge in [0, 0.05) is 13.1 Å². The third-order valence-corrected chi connectivity index (χ3v) is 4.59. The van der Waals surface area contributed by atoms with Gasteiger partial charge < -0.3 is 25.8 Å². The molecule has 0 spiro atoms. The first-order valence-corrected chi connectivity index (χ1v) is 8.94. The summed E-state index contributed by atoms with van der Waals surface area (Å²) < 4.78 is 5.86. The van der Waals surface area contributed by atoms with Crippen LogP contribution >= 0.6 is 24.0 Å². The molecule has 0 aliphatic carbocycles. The summed E-state index contributed by atoms with van der Waals surface area (Å²) in [4.78, 5) is 16.5. The minimum absolute atomic E-state index is 0. The fourth-order valence-corrected chi connectivity index (χ4v) is 3.38. The summed E-state index contributed by atoms with van der Waals surface area (Å²) in [5, 5.41) is 19.1. The molecule has 2 fully saturated rings. The lowest BCUT2D eigenvalue weighted by atomic mass is 9.96. The van der Waals surface area contributed by atoms with Crippen LogP contribution in [0.5, 0.6) is 5.75 Å². The molecule has 2 saturated heterocycles. The maximum atomic E-state index is 12.0. The van der Waals surface area contributed by atoms with Crippen molar-refractivity contribution in [2.24, 2.45) is 4.99 Å². The van der Waals surface area contributed by atoms with E-state index in [0.717, 1.165) is 31.8 Å². The highest BCUT2D eigenvalue weighted by Gasteiger charge is 2.41. The molecule has 1 amide bonds. The number of hydrogen-bond acceptors (Lipinski definition) is 4. The van der Waals surface area contributed by atoms with Crippen molar-refractivity contribution in [1.82, 2.24) is 16.0 Å². The Labute approximate surface area is 171 Å². The Hall–Kier alpha value is -1.55. The third kappa shape index (κ3) is 5.23. The van der Waals surface area contributed by atoms with Crippen molar-refractivity contribution in [2.45, 2.75) is 44.4 Å². The van der Waals surface area contributed by atoms with Gasteiger partial charge in [0.05, 0.1) is 30.4 Å². The van der Waals surface area contributed by atoms with E-state index in [2.05, 4.69) is 20.9 Å². The number of phenols is 1. The molecule has 0 radical (unpaired) electrons. The predicted octanol–water partition coefficient (Wildman–Crippen LogP) is 1.61. The Balaban J connectivity index is 0.00000243. The second-order valence-corrected chi connectivity index (χ2v) is 6.39. The normalized spacial score (nSPS) is 24.0. The number of aromatic hydroxyl groups is 1. The molecular weight excluding hydrogens is 447 g/mol. The Kier molecular flexibility index (Phi) is 7.95. The van der Waals surface area contributed by atoms with Crippen LogP contribution in [0.1, 0.15) is 36.5 Å². The van der Waals surface area contributed by atoms with Crippen molar-refractivity contribution < 1.29 is 14.6 Å². The number of aliphatic imine (C=N–C) groups is 1. The van der Waals surface area contributed by atoms with Crippen molar-refractivity contribution >= 4 is 35.8 Å². The fraction of sp³-hybridized carbons (Fsp3) is 0.556. The highest BCUT2D eigenvalue weighted by atomic mass is 127. The lowest BCUT2D eigenvalue weighted by Gasteiger charge is -2.22. The molecule has 3 atom stereocenters. The lowest BCUT2D eigenvalue weighted by Crippen LogP contribution is -2.47. The molecular formula is C18H27IN4O3. The molecule has 4 N–H and O–H groups in total. The third-order valence-electron chi connectivity index (χ3n) is 4.59. The zero-order valence-electron chi connectivity index (χ0n) is 14.9. The lowest BCUT2D eigenvalue weighted by molar-refractivity contribution is 0.0952. The second-order valence-electron chi connectivity index (χ2n) is 6.39. The molecule has 0 aromatic heterocycles. The minimum atomic E-state index is -0.298. The molecule has 1 aromatic carbocycles. The van der Waals surface area contributed by atoms with Crippen LogP contribution in [-0.2, 0) is 4.74 Å². The summed E-state index contributed by atoms with van der Waals surface area (Å²) in [5.74, 6) is 0.433. The van der Waals surface area contributed by atoms with E-state index in [4.69, 9.17) is 4.74 Å². The Bertz CT molecular complexity index is 641. The fourth-order valence-electron chi connectivity index (χ4n) is 3.38. The van der Waals surface area contributed by atoms with E-state index in [0.29, 0.717) is 25.2 Å². The van der Waals surface area contributed by atoms with Gasteiger partial charge in [0.15, 0.2) is 5.96 Å². The minimum Gasteiger partial charge on any atom is -0.507 e. The number of guanidine groups is 1. The Morgan fingerprint density at radius 3 is 2.77 bits per heavy atom. The van der Waals surface area contributed by atoms with Gasteiger partial charge in [0.25, 0.3) is 5.91 Å². The zero-order chi connectivity index (χ0) is 17.6. The summed E-state index contributed by atoms with van der Waals surface area (Å²) in [6.07, 6.45) is 3.98. The predicted molar refractivity (Wildman–Crippen MR) is 111 cm³/mol. The van der Waals surface area contributed by atoms with Crippen molar-refractivity contribution in [2.75, 3.05) is 19.6 Å². The van der Waals surface area contributed by atoms with Crippen LogP contribution in [0.2, 0.25) is 0 Å². The van der Waals surface area contributed by atoms with Crippen molar-refractivity contribution in [3.05, 3.63) is 29.8 Å².